The Labute approximate surface area is 134 Å². The molecule has 120 valence electrons. The van der Waals surface area contributed by atoms with Gasteiger partial charge in [-0.25, -0.2) is 8.42 Å². The first-order valence-electron chi connectivity index (χ1n) is 7.35. The van der Waals surface area contributed by atoms with Gasteiger partial charge in [0, 0.05) is 19.0 Å². The van der Waals surface area contributed by atoms with Crippen molar-refractivity contribution < 1.29 is 12.9 Å². The Hall–Kier alpha value is -1.25. The topological polar surface area (TPSA) is 76.3 Å². The molecule has 2 aromatic heterocycles. The molecule has 22 heavy (non-hydrogen) atoms. The second kappa shape index (κ2) is 6.10. The molecule has 1 fully saturated rings. The summed E-state index contributed by atoms with van der Waals surface area (Å²) in [5.74, 6) is 1.40. The molecule has 3 heterocycles. The van der Waals surface area contributed by atoms with Crippen LogP contribution >= 0.6 is 11.3 Å². The highest BCUT2D eigenvalue weighted by Crippen LogP contribution is 2.31. The summed E-state index contributed by atoms with van der Waals surface area (Å²) in [6.45, 7) is 4.95. The fraction of sp³-hybridized carbons (Fsp3) is 0.571. The second-order valence-corrected chi connectivity index (χ2v) is 8.89. The van der Waals surface area contributed by atoms with Gasteiger partial charge >= 0.3 is 0 Å². The van der Waals surface area contributed by atoms with Crippen LogP contribution < -0.4 is 0 Å². The number of sulfonamides is 1. The smallest absolute Gasteiger partial charge is 0.252 e. The number of hydrogen-bond donors (Lipinski definition) is 0. The van der Waals surface area contributed by atoms with E-state index in [1.807, 2.05) is 13.8 Å². The summed E-state index contributed by atoms with van der Waals surface area (Å²) < 4.78 is 32.5. The summed E-state index contributed by atoms with van der Waals surface area (Å²) in [6, 6.07) is 3.40. The lowest BCUT2D eigenvalue weighted by atomic mass is 10.00. The van der Waals surface area contributed by atoms with Crippen LogP contribution in [0.1, 0.15) is 50.2 Å². The fourth-order valence-corrected chi connectivity index (χ4v) is 5.22. The maximum absolute atomic E-state index is 12.6. The van der Waals surface area contributed by atoms with Crippen molar-refractivity contribution in [2.24, 2.45) is 0 Å². The molecule has 2 aromatic rings. The Balaban J connectivity index is 1.79. The van der Waals surface area contributed by atoms with Gasteiger partial charge in [0.05, 0.1) is 5.92 Å². The lowest BCUT2D eigenvalue weighted by Gasteiger charge is -2.29. The van der Waals surface area contributed by atoms with Gasteiger partial charge in [-0.1, -0.05) is 25.1 Å². The third kappa shape index (κ3) is 2.95. The second-order valence-electron chi connectivity index (χ2n) is 5.78. The molecular weight excluding hydrogens is 322 g/mol. The minimum Gasteiger partial charge on any atom is -0.339 e. The van der Waals surface area contributed by atoms with E-state index < -0.39 is 10.0 Å². The Morgan fingerprint density at radius 1 is 1.45 bits per heavy atom. The van der Waals surface area contributed by atoms with Crippen LogP contribution in [0.3, 0.4) is 0 Å². The molecule has 1 aliphatic heterocycles. The highest BCUT2D eigenvalue weighted by atomic mass is 32.2. The minimum absolute atomic E-state index is 0.0245. The van der Waals surface area contributed by atoms with Gasteiger partial charge in [-0.05, 0) is 24.3 Å². The number of thiophene rings is 1. The molecule has 0 aliphatic carbocycles. The zero-order valence-electron chi connectivity index (χ0n) is 12.6. The average molecular weight is 341 g/mol. The highest BCUT2D eigenvalue weighted by Gasteiger charge is 2.33. The molecule has 0 bridgehead atoms. The predicted octanol–water partition coefficient (Wildman–Crippen LogP) is 2.82. The largest absolute Gasteiger partial charge is 0.339 e. The van der Waals surface area contributed by atoms with Crippen molar-refractivity contribution in [2.75, 3.05) is 13.1 Å². The Morgan fingerprint density at radius 2 is 2.27 bits per heavy atom. The predicted molar refractivity (Wildman–Crippen MR) is 83.4 cm³/mol. The first-order chi connectivity index (χ1) is 10.5. The van der Waals surface area contributed by atoms with Crippen molar-refractivity contribution in [1.82, 2.24) is 14.4 Å². The Bertz CT molecular complexity index is 722. The molecule has 0 unspecified atom stereocenters. The van der Waals surface area contributed by atoms with Gasteiger partial charge < -0.3 is 4.52 Å². The van der Waals surface area contributed by atoms with E-state index in [1.165, 1.54) is 15.6 Å². The van der Waals surface area contributed by atoms with E-state index in [-0.39, 0.29) is 11.8 Å². The van der Waals surface area contributed by atoms with Crippen molar-refractivity contribution in [3.05, 3.63) is 29.2 Å². The maximum Gasteiger partial charge on any atom is 0.252 e. The summed E-state index contributed by atoms with van der Waals surface area (Å²) in [6.07, 6.45) is 1.67. The monoisotopic (exact) mass is 341 g/mol. The third-order valence-electron chi connectivity index (χ3n) is 3.80. The summed E-state index contributed by atoms with van der Waals surface area (Å²) in [5, 5.41) is 5.75. The molecule has 1 atom stereocenters. The number of hydrogen-bond acceptors (Lipinski definition) is 6. The molecule has 0 aromatic carbocycles. The van der Waals surface area contributed by atoms with Gasteiger partial charge in [0.15, 0.2) is 5.82 Å². The maximum atomic E-state index is 12.6. The van der Waals surface area contributed by atoms with Crippen LogP contribution in [-0.4, -0.2) is 36.0 Å². The van der Waals surface area contributed by atoms with Gasteiger partial charge in [-0.2, -0.15) is 9.29 Å². The van der Waals surface area contributed by atoms with Crippen LogP contribution in [-0.2, 0) is 10.0 Å². The molecule has 6 nitrogen and oxygen atoms in total. The quantitative estimate of drug-likeness (QED) is 0.854. The van der Waals surface area contributed by atoms with Crippen LogP contribution in [0.4, 0.5) is 0 Å². The lowest BCUT2D eigenvalue weighted by molar-refractivity contribution is 0.265. The number of nitrogens with zero attached hydrogens (tertiary/aromatic N) is 3. The van der Waals surface area contributed by atoms with E-state index in [9.17, 15) is 8.42 Å². The molecule has 3 rings (SSSR count). The van der Waals surface area contributed by atoms with Gasteiger partial charge in [-0.15, -0.1) is 11.3 Å². The van der Waals surface area contributed by atoms with E-state index in [0.29, 0.717) is 29.0 Å². The first-order valence-corrected chi connectivity index (χ1v) is 9.67. The van der Waals surface area contributed by atoms with Gasteiger partial charge in [0.2, 0.25) is 5.89 Å². The highest BCUT2D eigenvalue weighted by molar-refractivity contribution is 7.91. The van der Waals surface area contributed by atoms with Crippen molar-refractivity contribution in [3.8, 4) is 0 Å². The summed E-state index contributed by atoms with van der Waals surface area (Å²) in [7, 11) is -3.41. The zero-order chi connectivity index (χ0) is 15.7. The first kappa shape index (κ1) is 15.6. The third-order valence-corrected chi connectivity index (χ3v) is 7.03. The lowest BCUT2D eigenvalue weighted by Crippen LogP contribution is -2.38. The molecule has 0 spiro atoms. The van der Waals surface area contributed by atoms with E-state index >= 15 is 0 Å². The molecular formula is C14H19N3O3S2. The molecule has 1 saturated heterocycles. The average Bonchev–Trinajstić information content (AvgIpc) is 3.19. The molecule has 0 radical (unpaired) electrons. The van der Waals surface area contributed by atoms with E-state index in [4.69, 9.17) is 4.52 Å². The number of aromatic nitrogens is 2. The number of piperidine rings is 1. The molecule has 0 amide bonds. The number of rotatable bonds is 4. The van der Waals surface area contributed by atoms with Crippen molar-refractivity contribution in [2.45, 2.75) is 42.7 Å². The molecule has 0 N–H and O–H groups in total. The SMILES string of the molecule is CC(C)c1noc([C@H]2CCCN(S(=O)(=O)c3cccs3)C2)n1. The van der Waals surface area contributed by atoms with Gasteiger partial charge in [-0.3, -0.25) is 0 Å². The van der Waals surface area contributed by atoms with Crippen LogP contribution in [0.25, 0.3) is 0 Å². The van der Waals surface area contributed by atoms with E-state index in [1.54, 1.807) is 17.5 Å². The summed E-state index contributed by atoms with van der Waals surface area (Å²) in [4.78, 5) is 4.42. The standard InChI is InChI=1S/C14H19N3O3S2/c1-10(2)13-15-14(20-16-13)11-5-3-7-17(9-11)22(18,19)12-6-4-8-21-12/h4,6,8,10-11H,3,5,7,9H2,1-2H3/t11-/m0/s1. The van der Waals surface area contributed by atoms with E-state index in [0.717, 1.165) is 12.8 Å². The summed E-state index contributed by atoms with van der Waals surface area (Å²) in [5.41, 5.74) is 0. The normalized spacial score (nSPS) is 20.6. The molecule has 8 heteroatoms. The fourth-order valence-electron chi connectivity index (χ4n) is 2.55. The van der Waals surface area contributed by atoms with Gasteiger partial charge in [0.1, 0.15) is 4.21 Å². The molecule has 0 saturated carbocycles. The van der Waals surface area contributed by atoms with Crippen LogP contribution in [0.2, 0.25) is 0 Å². The zero-order valence-corrected chi connectivity index (χ0v) is 14.2. The summed E-state index contributed by atoms with van der Waals surface area (Å²) >= 11 is 1.25. The Morgan fingerprint density at radius 3 is 2.91 bits per heavy atom. The van der Waals surface area contributed by atoms with E-state index in [2.05, 4.69) is 10.1 Å². The van der Waals surface area contributed by atoms with Crippen LogP contribution in [0, 0.1) is 0 Å². The van der Waals surface area contributed by atoms with Gasteiger partial charge in [0.25, 0.3) is 10.0 Å². The van der Waals surface area contributed by atoms with Crippen LogP contribution in [0.15, 0.2) is 26.2 Å². The van der Waals surface area contributed by atoms with Crippen molar-refractivity contribution in [1.29, 1.82) is 0 Å². The molecule has 1 aliphatic rings. The van der Waals surface area contributed by atoms with Crippen LogP contribution in [0.5, 0.6) is 0 Å². The Kier molecular flexibility index (Phi) is 4.33. The van der Waals surface area contributed by atoms with Crippen molar-refractivity contribution in [3.63, 3.8) is 0 Å². The van der Waals surface area contributed by atoms with Crippen molar-refractivity contribution >= 4 is 21.4 Å². The minimum atomic E-state index is -3.41.